The molecule has 1 aromatic rings. The Bertz CT molecular complexity index is 477. The van der Waals surface area contributed by atoms with E-state index in [1.54, 1.807) is 18.2 Å². The average Bonchev–Trinajstić information content (AvgIpc) is 2.35. The molecule has 0 spiro atoms. The second-order valence-electron chi connectivity index (χ2n) is 4.53. The molecule has 0 fully saturated rings. The number of allylic oxidation sites excluding steroid dienone is 2. The smallest absolute Gasteiger partial charge is 0.252 e. The van der Waals surface area contributed by atoms with E-state index in [4.69, 9.17) is 11.6 Å². The normalized spacial score (nSPS) is 10.2. The lowest BCUT2D eigenvalue weighted by Crippen LogP contribution is -2.27. The lowest BCUT2D eigenvalue weighted by Gasteiger charge is -2.10. The van der Waals surface area contributed by atoms with Gasteiger partial charge in [-0.1, -0.05) is 50.7 Å². The third kappa shape index (κ3) is 3.74. The Balaban J connectivity index is 2.96. The highest BCUT2D eigenvalue weighted by molar-refractivity contribution is 6.33. The molecule has 1 N–H and O–H groups in total. The molecule has 0 saturated heterocycles. The van der Waals surface area contributed by atoms with Crippen molar-refractivity contribution in [2.75, 3.05) is 6.54 Å². The van der Waals surface area contributed by atoms with Gasteiger partial charge in [0, 0.05) is 6.54 Å². The first-order valence-corrected chi connectivity index (χ1v) is 6.23. The van der Waals surface area contributed by atoms with Crippen molar-refractivity contribution < 1.29 is 4.79 Å². The van der Waals surface area contributed by atoms with E-state index in [-0.39, 0.29) is 5.91 Å². The molecule has 1 amide bonds. The number of hydrogen-bond acceptors (Lipinski definition) is 1. The maximum absolute atomic E-state index is 12.0. The van der Waals surface area contributed by atoms with Crippen molar-refractivity contribution in [3.63, 3.8) is 0 Å². The molecule has 0 heterocycles. The number of carbonyl (C=O) groups excluding carboxylic acids is 1. The lowest BCUT2D eigenvalue weighted by molar-refractivity contribution is 0.0949. The highest BCUT2D eigenvalue weighted by atomic mass is 35.5. The number of carbonyl (C=O) groups is 1. The fourth-order valence-corrected chi connectivity index (χ4v) is 1.61. The molecule has 0 bridgehead atoms. The first-order valence-electron chi connectivity index (χ1n) is 5.85. The molecular weight excluding hydrogens is 246 g/mol. The molecule has 0 aromatic heterocycles. The third-order valence-corrected chi connectivity index (χ3v) is 2.83. The molecule has 0 atom stereocenters. The van der Waals surface area contributed by atoms with Crippen LogP contribution in [0.5, 0.6) is 0 Å². The molecule has 0 aliphatic rings. The van der Waals surface area contributed by atoms with E-state index in [1.807, 2.05) is 19.9 Å². The fourth-order valence-electron chi connectivity index (χ4n) is 1.41. The van der Waals surface area contributed by atoms with E-state index >= 15 is 0 Å². The predicted molar refractivity (Wildman–Crippen MR) is 77.9 cm³/mol. The summed E-state index contributed by atoms with van der Waals surface area (Å²) in [5, 5.41) is 3.29. The first kappa shape index (κ1) is 14.5. The van der Waals surface area contributed by atoms with Gasteiger partial charge in [-0.3, -0.25) is 4.79 Å². The number of hydrogen-bond donors (Lipinski definition) is 1. The van der Waals surface area contributed by atoms with E-state index in [1.165, 1.54) is 0 Å². The van der Waals surface area contributed by atoms with Gasteiger partial charge in [0.05, 0.1) is 10.6 Å². The van der Waals surface area contributed by atoms with Gasteiger partial charge in [0.2, 0.25) is 0 Å². The van der Waals surface area contributed by atoms with Gasteiger partial charge in [-0.05, 0) is 29.2 Å². The van der Waals surface area contributed by atoms with Crippen LogP contribution in [0.1, 0.15) is 29.8 Å². The summed E-state index contributed by atoms with van der Waals surface area (Å²) in [4.78, 5) is 12.0. The minimum absolute atomic E-state index is 0.160. The fraction of sp³-hybridized carbons (Fsp3) is 0.267. The Morgan fingerprint density at radius 2 is 2.17 bits per heavy atom. The van der Waals surface area contributed by atoms with Gasteiger partial charge in [-0.15, -0.1) is 0 Å². The second-order valence-corrected chi connectivity index (χ2v) is 4.94. The topological polar surface area (TPSA) is 29.1 Å². The van der Waals surface area contributed by atoms with Crippen LogP contribution in [0.2, 0.25) is 5.02 Å². The van der Waals surface area contributed by atoms with E-state index in [0.717, 1.165) is 11.1 Å². The van der Waals surface area contributed by atoms with Gasteiger partial charge in [-0.25, -0.2) is 0 Å². The quantitative estimate of drug-likeness (QED) is 0.802. The minimum Gasteiger partial charge on any atom is -0.352 e. The zero-order chi connectivity index (χ0) is 13.7. The summed E-state index contributed by atoms with van der Waals surface area (Å²) in [5.74, 6) is 0.242. The van der Waals surface area contributed by atoms with Crippen LogP contribution in [-0.4, -0.2) is 12.5 Å². The molecule has 18 heavy (non-hydrogen) atoms. The van der Waals surface area contributed by atoms with Gasteiger partial charge in [0.1, 0.15) is 0 Å². The van der Waals surface area contributed by atoms with E-state index in [0.29, 0.717) is 23.0 Å². The van der Waals surface area contributed by atoms with Crippen LogP contribution in [0.15, 0.2) is 37.4 Å². The summed E-state index contributed by atoms with van der Waals surface area (Å²) in [7, 11) is 0. The zero-order valence-corrected chi connectivity index (χ0v) is 11.6. The summed E-state index contributed by atoms with van der Waals surface area (Å²) in [6.07, 6.45) is 1.65. The standard InChI is InChI=1S/C15H18ClNO/c1-5-11(4)12-6-7-14(16)13(8-12)15(18)17-9-10(2)3/h5-8,10H,1,4,9H2,2-3H3,(H,17,18). The number of benzene rings is 1. The average molecular weight is 264 g/mol. The Labute approximate surface area is 113 Å². The second kappa shape index (κ2) is 6.41. The maximum atomic E-state index is 12.0. The highest BCUT2D eigenvalue weighted by Gasteiger charge is 2.11. The largest absolute Gasteiger partial charge is 0.352 e. The number of rotatable bonds is 5. The van der Waals surface area contributed by atoms with Crippen LogP contribution >= 0.6 is 11.6 Å². The molecule has 0 saturated carbocycles. The van der Waals surface area contributed by atoms with Crippen LogP contribution < -0.4 is 5.32 Å². The number of nitrogens with one attached hydrogen (secondary N) is 1. The number of halogens is 1. The zero-order valence-electron chi connectivity index (χ0n) is 10.8. The van der Waals surface area contributed by atoms with Crippen molar-refractivity contribution in [1.82, 2.24) is 5.32 Å². The van der Waals surface area contributed by atoms with E-state index in [9.17, 15) is 4.79 Å². The Kier molecular flexibility index (Phi) is 5.17. The van der Waals surface area contributed by atoms with Crippen LogP contribution in [-0.2, 0) is 0 Å². The van der Waals surface area contributed by atoms with Crippen LogP contribution in [0.25, 0.3) is 5.57 Å². The Hall–Kier alpha value is -1.54. The molecular formula is C15H18ClNO. The lowest BCUT2D eigenvalue weighted by atomic mass is 10.0. The van der Waals surface area contributed by atoms with Gasteiger partial charge in [0.25, 0.3) is 5.91 Å². The third-order valence-electron chi connectivity index (χ3n) is 2.50. The summed E-state index contributed by atoms with van der Waals surface area (Å²) in [6.45, 7) is 12.2. The molecule has 0 aliphatic heterocycles. The van der Waals surface area contributed by atoms with Crippen molar-refractivity contribution in [2.45, 2.75) is 13.8 Å². The Morgan fingerprint density at radius 3 is 2.72 bits per heavy atom. The molecule has 96 valence electrons. The van der Waals surface area contributed by atoms with Crippen molar-refractivity contribution >= 4 is 23.1 Å². The van der Waals surface area contributed by atoms with Crippen LogP contribution in [0.4, 0.5) is 0 Å². The maximum Gasteiger partial charge on any atom is 0.252 e. The predicted octanol–water partition coefficient (Wildman–Crippen LogP) is 3.93. The number of amides is 1. The van der Waals surface area contributed by atoms with Gasteiger partial charge < -0.3 is 5.32 Å². The molecule has 0 aliphatic carbocycles. The Morgan fingerprint density at radius 1 is 1.50 bits per heavy atom. The summed E-state index contributed by atoms with van der Waals surface area (Å²) in [5.41, 5.74) is 2.09. The summed E-state index contributed by atoms with van der Waals surface area (Å²) >= 11 is 6.04. The summed E-state index contributed by atoms with van der Waals surface area (Å²) < 4.78 is 0. The monoisotopic (exact) mass is 263 g/mol. The minimum atomic E-state index is -0.160. The molecule has 0 radical (unpaired) electrons. The molecule has 1 aromatic carbocycles. The first-order chi connectivity index (χ1) is 8.45. The van der Waals surface area contributed by atoms with Crippen LogP contribution in [0, 0.1) is 5.92 Å². The molecule has 0 unspecified atom stereocenters. The van der Waals surface area contributed by atoms with Gasteiger partial charge in [0.15, 0.2) is 0 Å². The highest BCUT2D eigenvalue weighted by Crippen LogP contribution is 2.22. The van der Waals surface area contributed by atoms with Gasteiger partial charge in [-0.2, -0.15) is 0 Å². The summed E-state index contributed by atoms with van der Waals surface area (Å²) in [6, 6.07) is 5.27. The molecule has 1 rings (SSSR count). The molecule has 3 heteroatoms. The SMILES string of the molecule is C=CC(=C)c1ccc(Cl)c(C(=O)NCC(C)C)c1. The van der Waals surface area contributed by atoms with Crippen molar-refractivity contribution in [2.24, 2.45) is 5.92 Å². The van der Waals surface area contributed by atoms with Crippen molar-refractivity contribution in [3.8, 4) is 0 Å². The van der Waals surface area contributed by atoms with Gasteiger partial charge >= 0.3 is 0 Å². The van der Waals surface area contributed by atoms with E-state index < -0.39 is 0 Å². The molecule has 2 nitrogen and oxygen atoms in total. The van der Waals surface area contributed by atoms with Crippen molar-refractivity contribution in [3.05, 3.63) is 53.6 Å². The van der Waals surface area contributed by atoms with E-state index in [2.05, 4.69) is 18.5 Å². The van der Waals surface area contributed by atoms with Crippen molar-refractivity contribution in [1.29, 1.82) is 0 Å². The van der Waals surface area contributed by atoms with Crippen LogP contribution in [0.3, 0.4) is 0 Å².